The number of carbonyl (C=O) groups excluding carboxylic acids is 1. The normalized spacial score (nSPS) is 19.3. The number of hydrogen-bond donors (Lipinski definition) is 1. The summed E-state index contributed by atoms with van der Waals surface area (Å²) in [4.78, 5) is 11.9. The first-order chi connectivity index (χ1) is 10.3. The summed E-state index contributed by atoms with van der Waals surface area (Å²) in [5.41, 5.74) is 0. The van der Waals surface area contributed by atoms with Gasteiger partial charge in [-0.25, -0.2) is 0 Å². The van der Waals surface area contributed by atoms with Crippen LogP contribution in [0.5, 0.6) is 17.2 Å². The molecule has 0 bridgehead atoms. The van der Waals surface area contributed by atoms with E-state index >= 15 is 0 Å². The predicted molar refractivity (Wildman–Crippen MR) is 77.6 cm³/mol. The Morgan fingerprint density at radius 1 is 1.29 bits per heavy atom. The number of benzene rings is 1. The van der Waals surface area contributed by atoms with E-state index < -0.39 is 0 Å². The molecule has 2 aliphatic rings. The van der Waals surface area contributed by atoms with Crippen LogP contribution in [0, 0.1) is 5.92 Å². The van der Waals surface area contributed by atoms with Crippen LogP contribution in [0.3, 0.4) is 0 Å². The topological polar surface area (TPSA) is 56.8 Å². The average molecular weight is 289 g/mol. The zero-order valence-electron chi connectivity index (χ0n) is 11.8. The Bertz CT molecular complexity index is 541. The molecule has 0 saturated carbocycles. The lowest BCUT2D eigenvalue weighted by atomic mass is 9.94. The van der Waals surface area contributed by atoms with Crippen LogP contribution in [0.2, 0.25) is 0 Å². The Labute approximate surface area is 123 Å². The van der Waals surface area contributed by atoms with E-state index in [1.807, 2.05) is 12.1 Å². The Kier molecular flexibility index (Phi) is 4.28. The summed E-state index contributed by atoms with van der Waals surface area (Å²) in [5.74, 6) is 2.38. The Balaban J connectivity index is 1.40. The van der Waals surface area contributed by atoms with Crippen LogP contribution in [0.15, 0.2) is 30.4 Å². The van der Waals surface area contributed by atoms with Gasteiger partial charge in [-0.05, 0) is 31.4 Å². The number of allylic oxidation sites excluding steroid dienone is 2. The highest BCUT2D eigenvalue weighted by Gasteiger charge is 2.18. The molecule has 0 radical (unpaired) electrons. The van der Waals surface area contributed by atoms with Crippen molar-refractivity contribution in [3.63, 3.8) is 0 Å². The van der Waals surface area contributed by atoms with Gasteiger partial charge in [0.1, 0.15) is 12.4 Å². The number of hydrogen-bond acceptors (Lipinski definition) is 4. The second kappa shape index (κ2) is 6.52. The Morgan fingerprint density at radius 2 is 2.19 bits per heavy atom. The number of ether oxygens (including phenoxy) is 3. The van der Waals surface area contributed by atoms with E-state index in [1.54, 1.807) is 6.07 Å². The largest absolute Gasteiger partial charge is 0.492 e. The molecule has 0 fully saturated rings. The fourth-order valence-electron chi connectivity index (χ4n) is 2.49. The fourth-order valence-corrected chi connectivity index (χ4v) is 2.49. The number of nitrogens with one attached hydrogen (secondary N) is 1. The molecule has 1 aromatic carbocycles. The van der Waals surface area contributed by atoms with Crippen molar-refractivity contribution in [1.82, 2.24) is 5.32 Å². The van der Waals surface area contributed by atoms with Crippen molar-refractivity contribution in [2.75, 3.05) is 19.9 Å². The highest BCUT2D eigenvalue weighted by molar-refractivity contribution is 5.78. The number of amides is 1. The Hall–Kier alpha value is -2.17. The molecule has 112 valence electrons. The first kappa shape index (κ1) is 13.8. The monoisotopic (exact) mass is 289 g/mol. The van der Waals surface area contributed by atoms with Crippen molar-refractivity contribution in [1.29, 1.82) is 0 Å². The van der Waals surface area contributed by atoms with E-state index in [-0.39, 0.29) is 18.6 Å². The van der Waals surface area contributed by atoms with Crippen molar-refractivity contribution in [2.24, 2.45) is 5.92 Å². The maximum atomic E-state index is 11.9. The summed E-state index contributed by atoms with van der Waals surface area (Å²) in [6, 6.07) is 5.46. The molecule has 1 aliphatic heterocycles. The van der Waals surface area contributed by atoms with E-state index in [0.29, 0.717) is 24.7 Å². The van der Waals surface area contributed by atoms with Crippen molar-refractivity contribution in [3.05, 3.63) is 30.4 Å². The Morgan fingerprint density at radius 3 is 3.05 bits per heavy atom. The van der Waals surface area contributed by atoms with Crippen LogP contribution in [-0.4, -0.2) is 25.9 Å². The molecule has 5 heteroatoms. The van der Waals surface area contributed by atoms with Crippen molar-refractivity contribution >= 4 is 5.91 Å². The summed E-state index contributed by atoms with van der Waals surface area (Å²) in [6.07, 6.45) is 6.98. The van der Waals surface area contributed by atoms with Gasteiger partial charge in [0.15, 0.2) is 11.5 Å². The smallest absolute Gasteiger partial charge is 0.231 e. The average Bonchev–Trinajstić information content (AvgIpc) is 3.00. The van der Waals surface area contributed by atoms with Gasteiger partial charge in [0.25, 0.3) is 0 Å². The van der Waals surface area contributed by atoms with Gasteiger partial charge in [-0.15, -0.1) is 0 Å². The minimum atomic E-state index is 0.112. The van der Waals surface area contributed by atoms with Crippen LogP contribution in [0.1, 0.15) is 19.3 Å². The molecule has 0 unspecified atom stereocenters. The van der Waals surface area contributed by atoms with E-state index in [4.69, 9.17) is 14.2 Å². The minimum Gasteiger partial charge on any atom is -0.492 e. The van der Waals surface area contributed by atoms with Gasteiger partial charge in [0, 0.05) is 12.0 Å². The lowest BCUT2D eigenvalue weighted by Gasteiger charge is -2.17. The van der Waals surface area contributed by atoms with E-state index in [2.05, 4.69) is 17.5 Å². The third-order valence-corrected chi connectivity index (χ3v) is 3.65. The lowest BCUT2D eigenvalue weighted by molar-refractivity contribution is -0.125. The molecule has 1 atom stereocenters. The summed E-state index contributed by atoms with van der Waals surface area (Å²) in [7, 11) is 0. The maximum absolute atomic E-state index is 11.9. The second-order valence-corrected chi connectivity index (χ2v) is 5.14. The summed E-state index contributed by atoms with van der Waals surface area (Å²) in [6.45, 7) is 1.20. The molecule has 1 N–H and O–H groups in total. The molecule has 1 aliphatic carbocycles. The molecule has 5 nitrogen and oxygen atoms in total. The summed E-state index contributed by atoms with van der Waals surface area (Å²) in [5, 5.41) is 2.92. The van der Waals surface area contributed by atoms with Gasteiger partial charge in [0.2, 0.25) is 12.7 Å². The number of fused-ring (bicyclic) bond motifs is 1. The predicted octanol–water partition coefficient (Wildman–Crippen LogP) is 2.27. The third kappa shape index (κ3) is 3.48. The SMILES string of the molecule is O=C(NCCOc1ccc2c(c1)OCO2)[C@@H]1CC=CCC1. The van der Waals surface area contributed by atoms with Gasteiger partial charge in [0.05, 0.1) is 6.54 Å². The molecule has 21 heavy (non-hydrogen) atoms. The number of carbonyl (C=O) groups is 1. The quantitative estimate of drug-likeness (QED) is 0.667. The van der Waals surface area contributed by atoms with Crippen molar-refractivity contribution in [2.45, 2.75) is 19.3 Å². The van der Waals surface area contributed by atoms with Crippen LogP contribution in [0.25, 0.3) is 0 Å². The van der Waals surface area contributed by atoms with Crippen LogP contribution in [0.4, 0.5) is 0 Å². The van der Waals surface area contributed by atoms with Gasteiger partial charge in [-0.3, -0.25) is 4.79 Å². The summed E-state index contributed by atoms with van der Waals surface area (Å²) >= 11 is 0. The zero-order valence-corrected chi connectivity index (χ0v) is 11.8. The highest BCUT2D eigenvalue weighted by atomic mass is 16.7. The van der Waals surface area contributed by atoms with Gasteiger partial charge >= 0.3 is 0 Å². The standard InChI is InChI=1S/C16H19NO4/c18-16(12-4-2-1-3-5-12)17-8-9-19-13-6-7-14-15(10-13)21-11-20-14/h1-2,6-7,10,12H,3-5,8-9,11H2,(H,17,18)/t12-/m1/s1. The van der Waals surface area contributed by atoms with Gasteiger partial charge in [-0.1, -0.05) is 12.2 Å². The second-order valence-electron chi connectivity index (χ2n) is 5.14. The highest BCUT2D eigenvalue weighted by Crippen LogP contribution is 2.34. The minimum absolute atomic E-state index is 0.112. The first-order valence-corrected chi connectivity index (χ1v) is 7.28. The van der Waals surface area contributed by atoms with Crippen LogP contribution in [-0.2, 0) is 4.79 Å². The van der Waals surface area contributed by atoms with Crippen LogP contribution < -0.4 is 19.5 Å². The lowest BCUT2D eigenvalue weighted by Crippen LogP contribution is -2.34. The molecule has 1 aromatic rings. The fraction of sp³-hybridized carbons (Fsp3) is 0.438. The molecule has 0 saturated heterocycles. The molecule has 0 spiro atoms. The molecular formula is C16H19NO4. The maximum Gasteiger partial charge on any atom is 0.231 e. The zero-order chi connectivity index (χ0) is 14.5. The van der Waals surface area contributed by atoms with E-state index in [0.717, 1.165) is 25.0 Å². The summed E-state index contributed by atoms with van der Waals surface area (Å²) < 4.78 is 16.1. The third-order valence-electron chi connectivity index (χ3n) is 3.65. The van der Waals surface area contributed by atoms with E-state index in [9.17, 15) is 4.79 Å². The van der Waals surface area contributed by atoms with E-state index in [1.165, 1.54) is 0 Å². The van der Waals surface area contributed by atoms with Crippen molar-refractivity contribution < 1.29 is 19.0 Å². The van der Waals surface area contributed by atoms with Gasteiger partial charge < -0.3 is 19.5 Å². The molecule has 3 rings (SSSR count). The molecule has 1 heterocycles. The molecule has 1 amide bonds. The number of rotatable bonds is 5. The van der Waals surface area contributed by atoms with Crippen LogP contribution >= 0.6 is 0 Å². The molecular weight excluding hydrogens is 270 g/mol. The first-order valence-electron chi connectivity index (χ1n) is 7.28. The molecule has 0 aromatic heterocycles. The van der Waals surface area contributed by atoms with Crippen molar-refractivity contribution in [3.8, 4) is 17.2 Å². The van der Waals surface area contributed by atoms with Gasteiger partial charge in [-0.2, -0.15) is 0 Å².